The quantitative estimate of drug-likeness (QED) is 0.803. The van der Waals surface area contributed by atoms with Gasteiger partial charge >= 0.3 is 0 Å². The van der Waals surface area contributed by atoms with Crippen LogP contribution in [0.4, 0.5) is 0 Å². The molecule has 0 aromatic heterocycles. The molecule has 3 nitrogen and oxygen atoms in total. The summed E-state index contributed by atoms with van der Waals surface area (Å²) in [5.74, 6) is 0.854. The monoisotopic (exact) mass is 251 g/mol. The number of rotatable bonds is 2. The van der Waals surface area contributed by atoms with Crippen molar-refractivity contribution in [2.75, 3.05) is 32.7 Å². The van der Waals surface area contributed by atoms with Gasteiger partial charge in [0, 0.05) is 37.8 Å². The van der Waals surface area contributed by atoms with Gasteiger partial charge < -0.3 is 5.32 Å². The van der Waals surface area contributed by atoms with Crippen LogP contribution in [0.2, 0.25) is 0 Å². The first-order chi connectivity index (χ1) is 8.74. The Morgan fingerprint density at radius 3 is 2.83 bits per heavy atom. The summed E-state index contributed by atoms with van der Waals surface area (Å²) in [7, 11) is 0. The topological polar surface area (TPSA) is 18.5 Å². The highest BCUT2D eigenvalue weighted by atomic mass is 15.3. The molecule has 3 aliphatic heterocycles. The van der Waals surface area contributed by atoms with E-state index in [9.17, 15) is 0 Å². The predicted octanol–water partition coefficient (Wildman–Crippen LogP) is 1.54. The summed E-state index contributed by atoms with van der Waals surface area (Å²) in [6.45, 7) is 11.3. The highest BCUT2D eigenvalue weighted by Crippen LogP contribution is 2.26. The molecule has 104 valence electrons. The molecule has 0 radical (unpaired) electrons. The summed E-state index contributed by atoms with van der Waals surface area (Å²) in [6.07, 6.45) is 5.62. The van der Waals surface area contributed by atoms with Crippen molar-refractivity contribution in [3.63, 3.8) is 0 Å². The summed E-state index contributed by atoms with van der Waals surface area (Å²) in [5, 5.41) is 3.74. The molecule has 3 saturated heterocycles. The summed E-state index contributed by atoms with van der Waals surface area (Å²) < 4.78 is 0. The van der Waals surface area contributed by atoms with Crippen molar-refractivity contribution >= 4 is 0 Å². The van der Waals surface area contributed by atoms with Crippen molar-refractivity contribution in [2.45, 2.75) is 57.7 Å². The molecule has 4 unspecified atom stereocenters. The Hall–Kier alpha value is -0.120. The van der Waals surface area contributed by atoms with Crippen molar-refractivity contribution < 1.29 is 0 Å². The standard InChI is InChI=1S/C15H29N3/c1-12-5-3-7-16-15(12)11-18-10-14-6-4-8-17(14)9-13(18)2/h12-16H,3-11H2,1-2H3. The van der Waals surface area contributed by atoms with E-state index in [0.29, 0.717) is 0 Å². The minimum absolute atomic E-state index is 0.731. The molecule has 0 amide bonds. The number of hydrogen-bond acceptors (Lipinski definition) is 3. The fraction of sp³-hybridized carbons (Fsp3) is 1.00. The number of nitrogens with one attached hydrogen (secondary N) is 1. The van der Waals surface area contributed by atoms with Gasteiger partial charge in [-0.1, -0.05) is 6.92 Å². The van der Waals surface area contributed by atoms with E-state index in [4.69, 9.17) is 0 Å². The Labute approximate surface area is 112 Å². The molecule has 1 N–H and O–H groups in total. The molecule has 18 heavy (non-hydrogen) atoms. The molecule has 0 aliphatic carbocycles. The highest BCUT2D eigenvalue weighted by Gasteiger charge is 2.35. The Balaban J connectivity index is 1.58. The van der Waals surface area contributed by atoms with Gasteiger partial charge in [0.05, 0.1) is 0 Å². The summed E-state index contributed by atoms with van der Waals surface area (Å²) in [6, 6.07) is 2.34. The highest BCUT2D eigenvalue weighted by molar-refractivity contribution is 4.93. The van der Waals surface area contributed by atoms with Crippen LogP contribution in [0.25, 0.3) is 0 Å². The Morgan fingerprint density at radius 2 is 2.00 bits per heavy atom. The maximum absolute atomic E-state index is 3.74. The molecule has 3 fully saturated rings. The zero-order valence-corrected chi connectivity index (χ0v) is 12.1. The molecule has 0 aromatic rings. The van der Waals surface area contributed by atoms with E-state index in [1.54, 1.807) is 0 Å². The Kier molecular flexibility index (Phi) is 3.92. The lowest BCUT2D eigenvalue weighted by molar-refractivity contribution is 0.0446. The zero-order chi connectivity index (χ0) is 12.5. The van der Waals surface area contributed by atoms with Crippen LogP contribution in [-0.2, 0) is 0 Å². The minimum Gasteiger partial charge on any atom is -0.312 e. The lowest BCUT2D eigenvalue weighted by atomic mass is 9.91. The maximum Gasteiger partial charge on any atom is 0.0224 e. The van der Waals surface area contributed by atoms with Crippen LogP contribution in [-0.4, -0.2) is 60.6 Å². The number of nitrogens with zero attached hydrogens (tertiary/aromatic N) is 2. The number of piperazine rings is 1. The molecule has 0 saturated carbocycles. The van der Waals surface area contributed by atoms with Crippen molar-refractivity contribution in [1.29, 1.82) is 0 Å². The van der Waals surface area contributed by atoms with Gasteiger partial charge in [0.25, 0.3) is 0 Å². The van der Waals surface area contributed by atoms with Crippen molar-refractivity contribution in [2.24, 2.45) is 5.92 Å². The maximum atomic E-state index is 3.74. The van der Waals surface area contributed by atoms with Crippen molar-refractivity contribution in [1.82, 2.24) is 15.1 Å². The van der Waals surface area contributed by atoms with Gasteiger partial charge in [0.15, 0.2) is 0 Å². The lowest BCUT2D eigenvalue weighted by Crippen LogP contribution is -2.59. The number of hydrogen-bond donors (Lipinski definition) is 1. The first kappa shape index (κ1) is 12.9. The molecule has 0 spiro atoms. The Bertz CT molecular complexity index is 281. The van der Waals surface area contributed by atoms with E-state index in [1.165, 1.54) is 58.4 Å². The van der Waals surface area contributed by atoms with E-state index in [1.807, 2.05) is 0 Å². The first-order valence-electron chi connectivity index (χ1n) is 7.95. The zero-order valence-electron chi connectivity index (χ0n) is 12.1. The van der Waals surface area contributed by atoms with Gasteiger partial charge in [-0.2, -0.15) is 0 Å². The summed E-state index contributed by atoms with van der Waals surface area (Å²) in [4.78, 5) is 5.48. The van der Waals surface area contributed by atoms with Crippen LogP contribution in [0.1, 0.15) is 39.5 Å². The fourth-order valence-electron chi connectivity index (χ4n) is 4.11. The van der Waals surface area contributed by atoms with Crippen LogP contribution in [0.5, 0.6) is 0 Å². The second-order valence-corrected chi connectivity index (χ2v) is 6.77. The van der Waals surface area contributed by atoms with E-state index >= 15 is 0 Å². The first-order valence-corrected chi connectivity index (χ1v) is 7.95. The van der Waals surface area contributed by atoms with Gasteiger partial charge in [-0.25, -0.2) is 0 Å². The third-order valence-electron chi connectivity index (χ3n) is 5.43. The summed E-state index contributed by atoms with van der Waals surface area (Å²) >= 11 is 0. The smallest absolute Gasteiger partial charge is 0.0224 e. The van der Waals surface area contributed by atoms with E-state index in [0.717, 1.165) is 24.0 Å². The third-order valence-corrected chi connectivity index (χ3v) is 5.43. The molecule has 0 aromatic carbocycles. The fourth-order valence-corrected chi connectivity index (χ4v) is 4.11. The van der Waals surface area contributed by atoms with Crippen LogP contribution >= 0.6 is 0 Å². The lowest BCUT2D eigenvalue weighted by Gasteiger charge is -2.45. The summed E-state index contributed by atoms with van der Waals surface area (Å²) in [5.41, 5.74) is 0. The number of fused-ring (bicyclic) bond motifs is 1. The molecule has 4 atom stereocenters. The normalized spacial score (nSPS) is 43.0. The van der Waals surface area contributed by atoms with Crippen LogP contribution in [0.15, 0.2) is 0 Å². The van der Waals surface area contributed by atoms with Crippen molar-refractivity contribution in [3.05, 3.63) is 0 Å². The van der Waals surface area contributed by atoms with Crippen LogP contribution in [0, 0.1) is 5.92 Å². The van der Waals surface area contributed by atoms with E-state index in [2.05, 4.69) is 29.0 Å². The van der Waals surface area contributed by atoms with Crippen LogP contribution < -0.4 is 5.32 Å². The molecule has 0 bridgehead atoms. The molecular weight excluding hydrogens is 222 g/mol. The SMILES string of the molecule is CC1CCCNC1CN1CC2CCCN2CC1C. The van der Waals surface area contributed by atoms with Gasteiger partial charge in [0.1, 0.15) is 0 Å². The average molecular weight is 251 g/mol. The molecule has 3 heteroatoms. The van der Waals surface area contributed by atoms with Gasteiger partial charge in [0.2, 0.25) is 0 Å². The third kappa shape index (κ3) is 2.59. The molecule has 3 aliphatic rings. The number of piperidine rings is 1. The predicted molar refractivity (Wildman–Crippen MR) is 75.8 cm³/mol. The average Bonchev–Trinajstić information content (AvgIpc) is 2.79. The largest absolute Gasteiger partial charge is 0.312 e. The van der Waals surface area contributed by atoms with Gasteiger partial charge in [-0.3, -0.25) is 9.80 Å². The molecule has 3 heterocycles. The van der Waals surface area contributed by atoms with Crippen molar-refractivity contribution in [3.8, 4) is 0 Å². The Morgan fingerprint density at radius 1 is 1.11 bits per heavy atom. The van der Waals surface area contributed by atoms with Gasteiger partial charge in [-0.15, -0.1) is 0 Å². The minimum atomic E-state index is 0.731. The molecule has 3 rings (SSSR count). The van der Waals surface area contributed by atoms with Gasteiger partial charge in [-0.05, 0) is 51.6 Å². The molecular formula is C15H29N3. The second-order valence-electron chi connectivity index (χ2n) is 6.77. The van der Waals surface area contributed by atoms with E-state index in [-0.39, 0.29) is 0 Å². The second kappa shape index (κ2) is 5.48. The van der Waals surface area contributed by atoms with E-state index < -0.39 is 0 Å². The van der Waals surface area contributed by atoms with Crippen LogP contribution in [0.3, 0.4) is 0 Å².